The number of hydrogen-bond donors (Lipinski definition) is 1. The van der Waals surface area contributed by atoms with Gasteiger partial charge in [0.15, 0.2) is 0 Å². The van der Waals surface area contributed by atoms with Gasteiger partial charge in [-0.15, -0.1) is 0 Å². The van der Waals surface area contributed by atoms with Crippen molar-refractivity contribution in [1.82, 2.24) is 0 Å². The molecule has 2 heteroatoms. The van der Waals surface area contributed by atoms with Crippen LogP contribution < -0.4 is 0 Å². The van der Waals surface area contributed by atoms with E-state index in [2.05, 4.69) is 6.92 Å². The zero-order valence-electron chi connectivity index (χ0n) is 10.7. The lowest BCUT2D eigenvalue weighted by Crippen LogP contribution is -2.36. The Bertz CT molecular complexity index is 282. The molecule has 16 heavy (non-hydrogen) atoms. The van der Waals surface area contributed by atoms with Crippen molar-refractivity contribution in [2.75, 3.05) is 0 Å². The quantitative estimate of drug-likeness (QED) is 0.743. The van der Waals surface area contributed by atoms with E-state index >= 15 is 0 Å². The van der Waals surface area contributed by atoms with Crippen molar-refractivity contribution in [2.24, 2.45) is 23.7 Å². The summed E-state index contributed by atoms with van der Waals surface area (Å²) >= 11 is 0. The fourth-order valence-electron chi connectivity index (χ4n) is 3.90. The minimum absolute atomic E-state index is 0.196. The highest BCUT2D eigenvalue weighted by molar-refractivity contribution is 5.78. The van der Waals surface area contributed by atoms with Gasteiger partial charge in [-0.25, -0.2) is 0 Å². The zero-order chi connectivity index (χ0) is 11.9. The highest BCUT2D eigenvalue weighted by Gasteiger charge is 2.47. The third-order valence-electron chi connectivity index (χ3n) is 5.11. The Balaban J connectivity index is 2.21. The first-order chi connectivity index (χ1) is 7.42. The first kappa shape index (κ1) is 12.1. The second-order valence-electron chi connectivity index (χ2n) is 6.26. The van der Waals surface area contributed by atoms with Crippen LogP contribution in [0, 0.1) is 23.7 Å². The van der Waals surface area contributed by atoms with Crippen molar-refractivity contribution in [3.63, 3.8) is 0 Å². The molecule has 0 radical (unpaired) electrons. The van der Waals surface area contributed by atoms with E-state index in [0.717, 1.165) is 25.7 Å². The van der Waals surface area contributed by atoms with Crippen LogP contribution in [0.3, 0.4) is 0 Å². The number of fused-ring (bicyclic) bond motifs is 1. The van der Waals surface area contributed by atoms with E-state index in [0.29, 0.717) is 23.5 Å². The van der Waals surface area contributed by atoms with E-state index in [4.69, 9.17) is 0 Å². The van der Waals surface area contributed by atoms with Crippen molar-refractivity contribution >= 4 is 5.78 Å². The molecule has 2 nitrogen and oxygen atoms in total. The molecule has 0 aromatic carbocycles. The molecule has 0 bridgehead atoms. The summed E-state index contributed by atoms with van der Waals surface area (Å²) in [5, 5.41) is 10.5. The standard InChI is InChI=1S/C14H24O2/c1-9-4-5-13-12(9)8-11(10(2)15)6-7-14(13,3)16/h9,11-13,16H,4-8H2,1-3H3/t9-,11+,12-,13-,14+/m0/s1. The van der Waals surface area contributed by atoms with Crippen molar-refractivity contribution in [3.05, 3.63) is 0 Å². The average Bonchev–Trinajstić information content (AvgIpc) is 2.47. The average molecular weight is 224 g/mol. The van der Waals surface area contributed by atoms with Gasteiger partial charge in [0.25, 0.3) is 0 Å². The molecule has 2 saturated carbocycles. The molecule has 2 aliphatic rings. The van der Waals surface area contributed by atoms with Gasteiger partial charge in [0.2, 0.25) is 0 Å². The van der Waals surface area contributed by atoms with Gasteiger partial charge in [-0.05, 0) is 57.3 Å². The van der Waals surface area contributed by atoms with Gasteiger partial charge in [-0.2, -0.15) is 0 Å². The summed E-state index contributed by atoms with van der Waals surface area (Å²) in [6.07, 6.45) is 5.05. The van der Waals surface area contributed by atoms with E-state index < -0.39 is 5.60 Å². The van der Waals surface area contributed by atoms with Crippen LogP contribution in [0.1, 0.15) is 52.9 Å². The lowest BCUT2D eigenvalue weighted by molar-refractivity contribution is -0.121. The molecular weight excluding hydrogens is 200 g/mol. The summed E-state index contributed by atoms with van der Waals surface area (Å²) in [5.41, 5.74) is -0.542. The van der Waals surface area contributed by atoms with Gasteiger partial charge in [-0.3, -0.25) is 4.79 Å². The number of ketones is 1. The highest BCUT2D eigenvalue weighted by Crippen LogP contribution is 2.50. The lowest BCUT2D eigenvalue weighted by atomic mass is 9.78. The topological polar surface area (TPSA) is 37.3 Å². The number of aliphatic hydroxyl groups is 1. The third-order valence-corrected chi connectivity index (χ3v) is 5.11. The molecule has 2 rings (SSSR count). The Morgan fingerprint density at radius 2 is 2.00 bits per heavy atom. The van der Waals surface area contributed by atoms with Gasteiger partial charge in [-0.1, -0.05) is 13.3 Å². The minimum Gasteiger partial charge on any atom is -0.390 e. The fraction of sp³-hybridized carbons (Fsp3) is 0.929. The first-order valence-electron chi connectivity index (χ1n) is 6.64. The number of rotatable bonds is 1. The molecule has 0 amide bonds. The summed E-state index contributed by atoms with van der Waals surface area (Å²) in [6.45, 7) is 5.97. The molecule has 0 aliphatic heterocycles. The Labute approximate surface area is 98.4 Å². The van der Waals surface area contributed by atoms with Crippen LogP contribution in [0.2, 0.25) is 0 Å². The largest absolute Gasteiger partial charge is 0.390 e. The predicted molar refractivity (Wildman–Crippen MR) is 64.0 cm³/mol. The summed E-state index contributed by atoms with van der Waals surface area (Å²) < 4.78 is 0. The summed E-state index contributed by atoms with van der Waals surface area (Å²) in [4.78, 5) is 11.6. The molecule has 0 unspecified atom stereocenters. The number of carbonyl (C=O) groups excluding carboxylic acids is 1. The summed E-state index contributed by atoms with van der Waals surface area (Å²) in [5.74, 6) is 2.17. The van der Waals surface area contributed by atoms with E-state index in [1.807, 2.05) is 6.92 Å². The molecule has 0 spiro atoms. The first-order valence-corrected chi connectivity index (χ1v) is 6.64. The maximum absolute atomic E-state index is 11.6. The Hall–Kier alpha value is -0.370. The fourth-order valence-corrected chi connectivity index (χ4v) is 3.90. The van der Waals surface area contributed by atoms with E-state index in [-0.39, 0.29) is 5.92 Å². The second-order valence-corrected chi connectivity index (χ2v) is 6.26. The zero-order valence-corrected chi connectivity index (χ0v) is 10.7. The second kappa shape index (κ2) is 4.14. The van der Waals surface area contributed by atoms with Crippen LogP contribution in [0.4, 0.5) is 0 Å². The van der Waals surface area contributed by atoms with Crippen LogP contribution >= 0.6 is 0 Å². The van der Waals surface area contributed by atoms with Crippen molar-refractivity contribution in [3.8, 4) is 0 Å². The summed E-state index contributed by atoms with van der Waals surface area (Å²) in [6, 6.07) is 0. The minimum atomic E-state index is -0.542. The summed E-state index contributed by atoms with van der Waals surface area (Å²) in [7, 11) is 0. The van der Waals surface area contributed by atoms with Gasteiger partial charge < -0.3 is 5.11 Å². The van der Waals surface area contributed by atoms with Crippen LogP contribution in [0.5, 0.6) is 0 Å². The van der Waals surface area contributed by atoms with Crippen LogP contribution in [-0.4, -0.2) is 16.5 Å². The van der Waals surface area contributed by atoms with Crippen LogP contribution in [0.25, 0.3) is 0 Å². The van der Waals surface area contributed by atoms with Gasteiger partial charge >= 0.3 is 0 Å². The third kappa shape index (κ3) is 2.04. The monoisotopic (exact) mass is 224 g/mol. The van der Waals surface area contributed by atoms with Gasteiger partial charge in [0.1, 0.15) is 5.78 Å². The molecule has 92 valence electrons. The SMILES string of the molecule is CC(=O)[C@@H]1CC[C@@](C)(O)[C@H]2CC[C@H](C)[C@@H]2C1. The molecule has 1 N–H and O–H groups in total. The molecule has 0 saturated heterocycles. The smallest absolute Gasteiger partial charge is 0.132 e. The number of Topliss-reactive ketones (excluding diaryl/α,β-unsaturated/α-hetero) is 1. The van der Waals surface area contributed by atoms with Crippen LogP contribution in [-0.2, 0) is 4.79 Å². The Morgan fingerprint density at radius 3 is 2.62 bits per heavy atom. The molecular formula is C14H24O2. The van der Waals surface area contributed by atoms with E-state index in [9.17, 15) is 9.90 Å². The number of carbonyl (C=O) groups is 1. The van der Waals surface area contributed by atoms with Crippen molar-refractivity contribution < 1.29 is 9.90 Å². The molecule has 2 aliphatic carbocycles. The van der Waals surface area contributed by atoms with E-state index in [1.165, 1.54) is 6.42 Å². The normalized spacial score (nSPS) is 48.5. The molecule has 5 atom stereocenters. The molecule has 0 aromatic heterocycles. The predicted octanol–water partition coefficient (Wildman–Crippen LogP) is 2.79. The Kier molecular flexibility index (Phi) is 3.13. The van der Waals surface area contributed by atoms with Crippen LogP contribution in [0.15, 0.2) is 0 Å². The maximum Gasteiger partial charge on any atom is 0.132 e. The number of hydrogen-bond acceptors (Lipinski definition) is 2. The van der Waals surface area contributed by atoms with Crippen molar-refractivity contribution in [1.29, 1.82) is 0 Å². The Morgan fingerprint density at radius 1 is 1.31 bits per heavy atom. The highest BCUT2D eigenvalue weighted by atomic mass is 16.3. The molecule has 0 aromatic rings. The van der Waals surface area contributed by atoms with Gasteiger partial charge in [0.05, 0.1) is 5.60 Å². The lowest BCUT2D eigenvalue weighted by Gasteiger charge is -2.33. The molecule has 0 heterocycles. The molecule has 2 fully saturated rings. The van der Waals surface area contributed by atoms with E-state index in [1.54, 1.807) is 6.92 Å². The van der Waals surface area contributed by atoms with Gasteiger partial charge in [0, 0.05) is 5.92 Å². The van der Waals surface area contributed by atoms with Crippen molar-refractivity contribution in [2.45, 2.75) is 58.5 Å². The maximum atomic E-state index is 11.6.